The molecule has 1 N–H and O–H groups in total. The highest BCUT2D eigenvalue weighted by molar-refractivity contribution is 5.69. The van der Waals surface area contributed by atoms with E-state index in [1.165, 1.54) is 18.4 Å². The van der Waals surface area contributed by atoms with Gasteiger partial charge in [-0.05, 0) is 36.0 Å². The molecule has 0 fully saturated rings. The topological polar surface area (TPSA) is 20.2 Å². The molecule has 0 amide bonds. The van der Waals surface area contributed by atoms with Crippen molar-refractivity contribution in [2.75, 3.05) is 0 Å². The Balaban J connectivity index is 2.09. The summed E-state index contributed by atoms with van der Waals surface area (Å²) in [7, 11) is 0. The van der Waals surface area contributed by atoms with Crippen LogP contribution in [0.1, 0.15) is 32.3 Å². The second-order valence-electron chi connectivity index (χ2n) is 5.27. The average Bonchev–Trinajstić information content (AvgIpc) is 2.46. The van der Waals surface area contributed by atoms with E-state index < -0.39 is 0 Å². The Hall–Kier alpha value is -1.76. The Morgan fingerprint density at radius 1 is 1.00 bits per heavy atom. The molecular formula is C18H22O. The highest BCUT2D eigenvalue weighted by Crippen LogP contribution is 2.28. The van der Waals surface area contributed by atoms with Crippen molar-refractivity contribution in [3.8, 4) is 16.9 Å². The summed E-state index contributed by atoms with van der Waals surface area (Å²) in [5.41, 5.74) is 3.35. The minimum Gasteiger partial charge on any atom is -0.507 e. The summed E-state index contributed by atoms with van der Waals surface area (Å²) >= 11 is 0. The van der Waals surface area contributed by atoms with Gasteiger partial charge >= 0.3 is 0 Å². The number of phenolic OH excluding ortho intramolecular Hbond substituents is 1. The van der Waals surface area contributed by atoms with Crippen molar-refractivity contribution in [2.45, 2.75) is 33.1 Å². The first-order chi connectivity index (χ1) is 9.20. The van der Waals surface area contributed by atoms with Gasteiger partial charge in [-0.1, -0.05) is 62.7 Å². The highest BCUT2D eigenvalue weighted by Gasteiger charge is 2.04. The van der Waals surface area contributed by atoms with Crippen molar-refractivity contribution in [3.05, 3.63) is 54.1 Å². The molecular weight excluding hydrogens is 232 g/mol. The van der Waals surface area contributed by atoms with Crippen molar-refractivity contribution in [3.63, 3.8) is 0 Å². The van der Waals surface area contributed by atoms with Crippen LogP contribution in [0.2, 0.25) is 0 Å². The van der Waals surface area contributed by atoms with E-state index in [1.807, 2.05) is 18.2 Å². The molecule has 19 heavy (non-hydrogen) atoms. The summed E-state index contributed by atoms with van der Waals surface area (Å²) in [5, 5.41) is 9.84. The summed E-state index contributed by atoms with van der Waals surface area (Å²) in [5.74, 6) is 1.13. The van der Waals surface area contributed by atoms with Gasteiger partial charge in [-0.3, -0.25) is 0 Å². The van der Waals surface area contributed by atoms with E-state index in [2.05, 4.69) is 38.1 Å². The fourth-order valence-electron chi connectivity index (χ4n) is 2.19. The van der Waals surface area contributed by atoms with Crippen LogP contribution in [0.15, 0.2) is 48.5 Å². The summed E-state index contributed by atoms with van der Waals surface area (Å²) < 4.78 is 0. The summed E-state index contributed by atoms with van der Waals surface area (Å²) in [6.45, 7) is 4.54. The largest absolute Gasteiger partial charge is 0.507 e. The van der Waals surface area contributed by atoms with Gasteiger partial charge in [0.1, 0.15) is 5.75 Å². The number of phenols is 1. The van der Waals surface area contributed by atoms with Crippen LogP contribution < -0.4 is 0 Å². The molecule has 0 saturated carbocycles. The van der Waals surface area contributed by atoms with E-state index in [0.717, 1.165) is 23.5 Å². The molecule has 2 rings (SSSR count). The van der Waals surface area contributed by atoms with Crippen LogP contribution in [-0.2, 0) is 6.42 Å². The van der Waals surface area contributed by atoms with E-state index in [-0.39, 0.29) is 0 Å². The van der Waals surface area contributed by atoms with Crippen LogP contribution in [0, 0.1) is 5.92 Å². The zero-order valence-corrected chi connectivity index (χ0v) is 11.8. The molecule has 0 heterocycles. The third-order valence-corrected chi connectivity index (χ3v) is 3.79. The van der Waals surface area contributed by atoms with Gasteiger partial charge in [0.05, 0.1) is 0 Å². The predicted molar refractivity (Wildman–Crippen MR) is 81.3 cm³/mol. The molecule has 0 aromatic heterocycles. The zero-order chi connectivity index (χ0) is 13.7. The molecule has 0 aliphatic rings. The summed E-state index contributed by atoms with van der Waals surface area (Å²) in [4.78, 5) is 0. The number of hydrogen-bond donors (Lipinski definition) is 1. The highest BCUT2D eigenvalue weighted by atomic mass is 16.3. The molecule has 0 radical (unpaired) electrons. The average molecular weight is 254 g/mol. The standard InChI is InChI=1S/C18H22O/c1-3-14(2)8-9-15-10-12-16(13-11-15)17-6-4-5-7-18(17)19/h4-7,10-14,19H,3,8-9H2,1-2H3/t14-/m0/s1. The first-order valence-corrected chi connectivity index (χ1v) is 7.08. The van der Waals surface area contributed by atoms with E-state index in [1.54, 1.807) is 6.07 Å². The van der Waals surface area contributed by atoms with Crippen LogP contribution in [0.3, 0.4) is 0 Å². The van der Waals surface area contributed by atoms with Gasteiger partial charge in [-0.2, -0.15) is 0 Å². The molecule has 0 spiro atoms. The predicted octanol–water partition coefficient (Wildman–Crippen LogP) is 5.04. The first-order valence-electron chi connectivity index (χ1n) is 7.08. The lowest BCUT2D eigenvalue weighted by molar-refractivity contribution is 0.477. The van der Waals surface area contributed by atoms with Crippen molar-refractivity contribution in [1.82, 2.24) is 0 Å². The maximum absolute atomic E-state index is 9.84. The molecule has 0 bridgehead atoms. The third-order valence-electron chi connectivity index (χ3n) is 3.79. The van der Waals surface area contributed by atoms with Crippen LogP contribution in [-0.4, -0.2) is 5.11 Å². The number of benzene rings is 2. The van der Waals surface area contributed by atoms with E-state index in [4.69, 9.17) is 0 Å². The molecule has 1 atom stereocenters. The molecule has 1 heteroatoms. The summed E-state index contributed by atoms with van der Waals surface area (Å²) in [6.07, 6.45) is 3.62. The van der Waals surface area contributed by atoms with Crippen molar-refractivity contribution < 1.29 is 5.11 Å². The monoisotopic (exact) mass is 254 g/mol. The fraction of sp³-hybridized carbons (Fsp3) is 0.333. The van der Waals surface area contributed by atoms with E-state index in [0.29, 0.717) is 5.75 Å². The molecule has 0 unspecified atom stereocenters. The Morgan fingerprint density at radius 2 is 1.68 bits per heavy atom. The molecule has 2 aromatic carbocycles. The molecule has 0 saturated heterocycles. The number of rotatable bonds is 5. The summed E-state index contributed by atoms with van der Waals surface area (Å²) in [6, 6.07) is 16.0. The quantitative estimate of drug-likeness (QED) is 0.792. The Labute approximate surface area is 115 Å². The minimum atomic E-state index is 0.342. The minimum absolute atomic E-state index is 0.342. The number of aromatic hydroxyl groups is 1. The van der Waals surface area contributed by atoms with Crippen LogP contribution in [0.5, 0.6) is 5.75 Å². The Bertz CT molecular complexity index is 513. The second-order valence-corrected chi connectivity index (χ2v) is 5.27. The lowest BCUT2D eigenvalue weighted by Crippen LogP contribution is -1.95. The number of aryl methyl sites for hydroxylation is 1. The van der Waals surface area contributed by atoms with Crippen molar-refractivity contribution in [2.24, 2.45) is 5.92 Å². The number of hydrogen-bond acceptors (Lipinski definition) is 1. The molecule has 0 aliphatic heterocycles. The normalized spacial score (nSPS) is 12.3. The second kappa shape index (κ2) is 6.42. The Kier molecular flexibility index (Phi) is 4.62. The smallest absolute Gasteiger partial charge is 0.123 e. The molecule has 1 nitrogen and oxygen atoms in total. The van der Waals surface area contributed by atoms with Crippen molar-refractivity contribution in [1.29, 1.82) is 0 Å². The fourth-order valence-corrected chi connectivity index (χ4v) is 2.19. The van der Waals surface area contributed by atoms with Crippen LogP contribution in [0.4, 0.5) is 0 Å². The van der Waals surface area contributed by atoms with E-state index >= 15 is 0 Å². The Morgan fingerprint density at radius 3 is 2.32 bits per heavy atom. The van der Waals surface area contributed by atoms with Crippen molar-refractivity contribution >= 4 is 0 Å². The lowest BCUT2D eigenvalue weighted by atomic mass is 9.97. The maximum Gasteiger partial charge on any atom is 0.123 e. The van der Waals surface area contributed by atoms with Gasteiger partial charge in [-0.25, -0.2) is 0 Å². The lowest BCUT2D eigenvalue weighted by Gasteiger charge is -2.09. The first kappa shape index (κ1) is 13.7. The van der Waals surface area contributed by atoms with Crippen LogP contribution >= 0.6 is 0 Å². The van der Waals surface area contributed by atoms with Gasteiger partial charge < -0.3 is 5.11 Å². The zero-order valence-electron chi connectivity index (χ0n) is 11.8. The van der Waals surface area contributed by atoms with Gasteiger partial charge in [0.15, 0.2) is 0 Å². The van der Waals surface area contributed by atoms with Gasteiger partial charge in [0.2, 0.25) is 0 Å². The van der Waals surface area contributed by atoms with E-state index in [9.17, 15) is 5.11 Å². The van der Waals surface area contributed by atoms with Crippen LogP contribution in [0.25, 0.3) is 11.1 Å². The molecule has 0 aliphatic carbocycles. The van der Waals surface area contributed by atoms with Gasteiger partial charge in [0.25, 0.3) is 0 Å². The third kappa shape index (κ3) is 3.60. The SMILES string of the molecule is CC[C@H](C)CCc1ccc(-c2ccccc2O)cc1. The molecule has 100 valence electrons. The molecule has 2 aromatic rings. The maximum atomic E-state index is 9.84. The number of para-hydroxylation sites is 1. The van der Waals surface area contributed by atoms with Gasteiger partial charge in [0, 0.05) is 5.56 Å². The van der Waals surface area contributed by atoms with Gasteiger partial charge in [-0.15, -0.1) is 0 Å².